The van der Waals surface area contributed by atoms with Crippen LogP contribution in [0.1, 0.15) is 32.6 Å². The number of piperidine rings is 2. The van der Waals surface area contributed by atoms with E-state index in [1.807, 2.05) is 6.92 Å². The fourth-order valence-corrected chi connectivity index (χ4v) is 2.93. The third-order valence-electron chi connectivity index (χ3n) is 4.03. The molecule has 2 aliphatic heterocycles. The van der Waals surface area contributed by atoms with E-state index < -0.39 is 24.1 Å². The molecule has 7 heteroatoms. The number of carbonyl (C=O) groups excluding carboxylic acids is 2. The Kier molecular flexibility index (Phi) is 4.46. The van der Waals surface area contributed by atoms with Crippen LogP contribution in [0, 0.1) is 5.92 Å². The van der Waals surface area contributed by atoms with E-state index in [0.29, 0.717) is 19.5 Å². The Hall–Kier alpha value is -1.79. The lowest BCUT2D eigenvalue weighted by Gasteiger charge is -2.38. The van der Waals surface area contributed by atoms with E-state index in [9.17, 15) is 19.5 Å². The van der Waals surface area contributed by atoms with Crippen molar-refractivity contribution in [3.05, 3.63) is 0 Å². The number of nitrogens with zero attached hydrogens (tertiary/aromatic N) is 1. The normalized spacial score (nSPS) is 30.6. The molecule has 3 atom stereocenters. The molecule has 3 N–H and O–H groups in total. The topological polar surface area (TPSA) is 98.7 Å². The molecule has 0 aromatic heterocycles. The Labute approximate surface area is 117 Å². The highest BCUT2D eigenvalue weighted by Crippen LogP contribution is 2.23. The molecule has 20 heavy (non-hydrogen) atoms. The lowest BCUT2D eigenvalue weighted by atomic mass is 9.91. The van der Waals surface area contributed by atoms with Crippen LogP contribution >= 0.6 is 0 Å². The molecule has 2 aliphatic rings. The maximum Gasteiger partial charge on any atom is 0.326 e. The summed E-state index contributed by atoms with van der Waals surface area (Å²) in [5.74, 6) is -1.26. The molecule has 7 nitrogen and oxygen atoms in total. The summed E-state index contributed by atoms with van der Waals surface area (Å²) >= 11 is 0. The maximum absolute atomic E-state index is 12.2. The van der Waals surface area contributed by atoms with Crippen molar-refractivity contribution in [2.24, 2.45) is 5.92 Å². The molecule has 0 saturated carbocycles. The van der Waals surface area contributed by atoms with E-state index in [0.717, 1.165) is 19.3 Å². The first-order valence-corrected chi connectivity index (χ1v) is 7.08. The van der Waals surface area contributed by atoms with Gasteiger partial charge in [-0.05, 0) is 31.6 Å². The molecule has 3 unspecified atom stereocenters. The zero-order chi connectivity index (χ0) is 14.7. The van der Waals surface area contributed by atoms with Gasteiger partial charge in [-0.25, -0.2) is 9.59 Å². The summed E-state index contributed by atoms with van der Waals surface area (Å²) in [6, 6.07) is -1.82. The summed E-state index contributed by atoms with van der Waals surface area (Å²) in [5, 5.41) is 14.6. The van der Waals surface area contributed by atoms with Crippen LogP contribution in [-0.4, -0.2) is 53.1 Å². The third kappa shape index (κ3) is 3.02. The lowest BCUT2D eigenvalue weighted by Crippen LogP contribution is -2.59. The van der Waals surface area contributed by atoms with Gasteiger partial charge >= 0.3 is 12.0 Å². The second-order valence-electron chi connectivity index (χ2n) is 5.53. The third-order valence-corrected chi connectivity index (χ3v) is 4.03. The van der Waals surface area contributed by atoms with Crippen molar-refractivity contribution in [3.8, 4) is 0 Å². The van der Waals surface area contributed by atoms with Crippen LogP contribution in [0.15, 0.2) is 0 Å². The number of urea groups is 1. The number of hydrogen-bond donors (Lipinski definition) is 3. The SMILES string of the molecule is CC1CCCN(C(=O)NC2CCCNC2=O)C1C(=O)O. The van der Waals surface area contributed by atoms with Crippen molar-refractivity contribution < 1.29 is 19.5 Å². The highest BCUT2D eigenvalue weighted by atomic mass is 16.4. The minimum atomic E-state index is -0.986. The molecule has 0 aromatic carbocycles. The van der Waals surface area contributed by atoms with Crippen LogP contribution in [0.25, 0.3) is 0 Å². The number of carboxylic acids is 1. The highest BCUT2D eigenvalue weighted by Gasteiger charge is 2.38. The summed E-state index contributed by atoms with van der Waals surface area (Å²) in [6.07, 6.45) is 2.99. The van der Waals surface area contributed by atoms with E-state index in [4.69, 9.17) is 0 Å². The number of carbonyl (C=O) groups is 3. The van der Waals surface area contributed by atoms with Gasteiger partial charge in [0.05, 0.1) is 0 Å². The Balaban J connectivity index is 2.02. The standard InChI is InChI=1S/C13H21N3O4/c1-8-4-3-7-16(10(8)12(18)19)13(20)15-9-5-2-6-14-11(9)17/h8-10H,2-7H2,1H3,(H,14,17)(H,15,20)(H,18,19). The Morgan fingerprint density at radius 3 is 2.75 bits per heavy atom. The number of nitrogens with one attached hydrogen (secondary N) is 2. The molecule has 112 valence electrons. The van der Waals surface area contributed by atoms with Gasteiger partial charge in [-0.1, -0.05) is 6.92 Å². The van der Waals surface area contributed by atoms with Crippen molar-refractivity contribution >= 4 is 17.9 Å². The zero-order valence-corrected chi connectivity index (χ0v) is 11.6. The molecule has 0 spiro atoms. The molecule has 2 fully saturated rings. The van der Waals surface area contributed by atoms with Crippen molar-refractivity contribution in [1.29, 1.82) is 0 Å². The molecular formula is C13H21N3O4. The van der Waals surface area contributed by atoms with Crippen LogP contribution < -0.4 is 10.6 Å². The van der Waals surface area contributed by atoms with Gasteiger partial charge in [-0.15, -0.1) is 0 Å². The van der Waals surface area contributed by atoms with E-state index in [-0.39, 0.29) is 11.8 Å². The molecule has 0 aliphatic carbocycles. The zero-order valence-electron chi connectivity index (χ0n) is 11.6. The Bertz CT molecular complexity index is 412. The summed E-state index contributed by atoms with van der Waals surface area (Å²) in [4.78, 5) is 36.6. The quantitative estimate of drug-likeness (QED) is 0.672. The van der Waals surface area contributed by atoms with Gasteiger partial charge in [-0.3, -0.25) is 4.79 Å². The monoisotopic (exact) mass is 283 g/mol. The molecule has 0 radical (unpaired) electrons. The highest BCUT2D eigenvalue weighted by molar-refractivity contribution is 5.89. The first kappa shape index (κ1) is 14.6. The second-order valence-corrected chi connectivity index (χ2v) is 5.53. The van der Waals surface area contributed by atoms with Gasteiger partial charge < -0.3 is 20.6 Å². The minimum absolute atomic E-state index is 0.0767. The summed E-state index contributed by atoms with van der Waals surface area (Å²) < 4.78 is 0. The second kappa shape index (κ2) is 6.11. The van der Waals surface area contributed by atoms with Gasteiger partial charge in [0.25, 0.3) is 0 Å². The lowest BCUT2D eigenvalue weighted by molar-refractivity contribution is -0.145. The fraction of sp³-hybridized carbons (Fsp3) is 0.769. The average molecular weight is 283 g/mol. The number of likely N-dealkylation sites (tertiary alicyclic amines) is 1. The smallest absolute Gasteiger partial charge is 0.326 e. The minimum Gasteiger partial charge on any atom is -0.480 e. The van der Waals surface area contributed by atoms with Gasteiger partial charge in [0.15, 0.2) is 0 Å². The number of rotatable bonds is 2. The molecule has 2 heterocycles. The van der Waals surface area contributed by atoms with Crippen LogP contribution in [0.4, 0.5) is 4.79 Å². The molecule has 2 rings (SSSR count). The van der Waals surface area contributed by atoms with E-state index in [1.54, 1.807) is 0 Å². The predicted octanol–water partition coefficient (Wildman–Crippen LogP) is 0.160. The average Bonchev–Trinajstić information content (AvgIpc) is 2.40. The maximum atomic E-state index is 12.2. The Morgan fingerprint density at radius 1 is 1.35 bits per heavy atom. The van der Waals surface area contributed by atoms with E-state index in [2.05, 4.69) is 10.6 Å². The molecule has 3 amide bonds. The van der Waals surface area contributed by atoms with Gasteiger partial charge in [0, 0.05) is 13.1 Å². The summed E-state index contributed by atoms with van der Waals surface area (Å²) in [5.41, 5.74) is 0. The van der Waals surface area contributed by atoms with Crippen molar-refractivity contribution in [3.63, 3.8) is 0 Å². The molecule has 2 saturated heterocycles. The van der Waals surface area contributed by atoms with Crippen LogP contribution in [0.3, 0.4) is 0 Å². The van der Waals surface area contributed by atoms with E-state index in [1.165, 1.54) is 4.90 Å². The predicted molar refractivity (Wildman–Crippen MR) is 71.1 cm³/mol. The van der Waals surface area contributed by atoms with Crippen molar-refractivity contribution in [1.82, 2.24) is 15.5 Å². The molecule has 0 bridgehead atoms. The first-order chi connectivity index (χ1) is 9.50. The number of hydrogen-bond acceptors (Lipinski definition) is 3. The first-order valence-electron chi connectivity index (χ1n) is 7.08. The van der Waals surface area contributed by atoms with Crippen LogP contribution in [-0.2, 0) is 9.59 Å². The van der Waals surface area contributed by atoms with Gasteiger partial charge in [0.1, 0.15) is 12.1 Å². The number of amides is 3. The summed E-state index contributed by atoms with van der Waals surface area (Å²) in [7, 11) is 0. The molecule has 0 aromatic rings. The van der Waals surface area contributed by atoms with Crippen molar-refractivity contribution in [2.75, 3.05) is 13.1 Å². The van der Waals surface area contributed by atoms with Crippen LogP contribution in [0.5, 0.6) is 0 Å². The number of aliphatic carboxylic acids is 1. The van der Waals surface area contributed by atoms with E-state index >= 15 is 0 Å². The molecular weight excluding hydrogens is 262 g/mol. The van der Waals surface area contributed by atoms with Gasteiger partial charge in [-0.2, -0.15) is 0 Å². The van der Waals surface area contributed by atoms with Gasteiger partial charge in [0.2, 0.25) is 5.91 Å². The van der Waals surface area contributed by atoms with Crippen LogP contribution in [0.2, 0.25) is 0 Å². The number of carboxylic acid groups (broad SMARTS) is 1. The largest absolute Gasteiger partial charge is 0.480 e. The van der Waals surface area contributed by atoms with Crippen molar-refractivity contribution in [2.45, 2.75) is 44.7 Å². The Morgan fingerprint density at radius 2 is 2.10 bits per heavy atom. The summed E-state index contributed by atoms with van der Waals surface area (Å²) in [6.45, 7) is 2.89. The fourth-order valence-electron chi connectivity index (χ4n) is 2.93.